The van der Waals surface area contributed by atoms with Crippen LogP contribution in [0.25, 0.3) is 11.1 Å². The maximum absolute atomic E-state index is 12.4. The summed E-state index contributed by atoms with van der Waals surface area (Å²) in [6.07, 6.45) is 0.830. The zero-order valence-electron chi connectivity index (χ0n) is 17.1. The molecule has 3 aromatic rings. The van der Waals surface area contributed by atoms with Gasteiger partial charge in [-0.2, -0.15) is 0 Å². The molecule has 31 heavy (non-hydrogen) atoms. The second-order valence-electron chi connectivity index (χ2n) is 6.65. The molecule has 7 heteroatoms. The average molecular weight is 434 g/mol. The lowest BCUT2D eigenvalue weighted by Gasteiger charge is -2.13. The van der Waals surface area contributed by atoms with Crippen LogP contribution in [-0.2, 0) is 0 Å². The standard InChI is InChI=1S/C24H23N3O3S/c1-2-16-30-21-11-7-6-10-20(21)23(29)26-27-24(31)25-22(28)19-14-12-18(13-15-19)17-8-4-3-5-9-17/h3-15H,2,16H2,1H3,(H,26,29)(H2,25,27,28,31). The molecule has 0 fully saturated rings. The van der Waals surface area contributed by atoms with Crippen LogP contribution in [0.5, 0.6) is 5.75 Å². The van der Waals surface area contributed by atoms with Gasteiger partial charge in [0.1, 0.15) is 5.75 Å². The highest BCUT2D eigenvalue weighted by Gasteiger charge is 2.13. The van der Waals surface area contributed by atoms with Crippen LogP contribution in [0, 0.1) is 0 Å². The summed E-state index contributed by atoms with van der Waals surface area (Å²) in [7, 11) is 0. The fourth-order valence-electron chi connectivity index (χ4n) is 2.82. The minimum absolute atomic E-state index is 0.0163. The lowest BCUT2D eigenvalue weighted by molar-refractivity contribution is 0.0931. The van der Waals surface area contributed by atoms with Crippen molar-refractivity contribution < 1.29 is 14.3 Å². The molecule has 158 valence electrons. The summed E-state index contributed by atoms with van der Waals surface area (Å²) in [4.78, 5) is 24.9. The van der Waals surface area contributed by atoms with Gasteiger partial charge in [-0.15, -0.1) is 0 Å². The summed E-state index contributed by atoms with van der Waals surface area (Å²) < 4.78 is 5.59. The number of hydrazine groups is 1. The summed E-state index contributed by atoms with van der Waals surface area (Å²) in [5, 5.41) is 2.53. The predicted molar refractivity (Wildman–Crippen MR) is 125 cm³/mol. The summed E-state index contributed by atoms with van der Waals surface area (Å²) in [6.45, 7) is 2.50. The van der Waals surface area contributed by atoms with Gasteiger partial charge in [-0.25, -0.2) is 0 Å². The van der Waals surface area contributed by atoms with Crippen molar-refractivity contribution in [1.29, 1.82) is 0 Å². The molecule has 0 radical (unpaired) electrons. The Morgan fingerprint density at radius 1 is 0.806 bits per heavy atom. The van der Waals surface area contributed by atoms with Gasteiger partial charge in [-0.1, -0.05) is 61.5 Å². The molecule has 3 rings (SSSR count). The number of rotatable bonds is 6. The fraction of sp³-hybridized carbons (Fsp3) is 0.125. The second kappa shape index (κ2) is 10.9. The van der Waals surface area contributed by atoms with E-state index < -0.39 is 5.91 Å². The molecule has 0 aliphatic heterocycles. The highest BCUT2D eigenvalue weighted by atomic mass is 32.1. The number of ether oxygens (including phenoxy) is 1. The number of nitrogens with one attached hydrogen (secondary N) is 3. The topological polar surface area (TPSA) is 79.5 Å². The Morgan fingerprint density at radius 2 is 1.45 bits per heavy atom. The van der Waals surface area contributed by atoms with E-state index in [0.29, 0.717) is 23.5 Å². The Labute approximate surface area is 186 Å². The van der Waals surface area contributed by atoms with Gasteiger partial charge in [0.2, 0.25) is 0 Å². The minimum Gasteiger partial charge on any atom is -0.493 e. The van der Waals surface area contributed by atoms with Crippen LogP contribution in [0.15, 0.2) is 78.9 Å². The lowest BCUT2D eigenvalue weighted by Crippen LogP contribution is -2.48. The third-order valence-corrected chi connectivity index (χ3v) is 4.57. The van der Waals surface area contributed by atoms with Crippen LogP contribution in [0.1, 0.15) is 34.1 Å². The van der Waals surface area contributed by atoms with Crippen molar-refractivity contribution in [3.63, 3.8) is 0 Å². The molecular weight excluding hydrogens is 410 g/mol. The molecule has 0 saturated heterocycles. The Bertz CT molecular complexity index is 1050. The van der Waals surface area contributed by atoms with Gasteiger partial charge in [0.15, 0.2) is 5.11 Å². The fourth-order valence-corrected chi connectivity index (χ4v) is 2.97. The Balaban J connectivity index is 1.54. The first-order valence-corrected chi connectivity index (χ1v) is 10.3. The molecule has 2 amide bonds. The molecule has 3 aromatic carbocycles. The molecule has 0 aromatic heterocycles. The number of amides is 2. The number of carbonyl (C=O) groups excluding carboxylic acids is 2. The van der Waals surface area contributed by atoms with E-state index in [4.69, 9.17) is 17.0 Å². The molecule has 0 aliphatic carbocycles. The molecule has 6 nitrogen and oxygen atoms in total. The number of benzene rings is 3. The van der Waals surface area contributed by atoms with Gasteiger partial charge in [-0.3, -0.25) is 25.8 Å². The van der Waals surface area contributed by atoms with E-state index in [1.807, 2.05) is 49.4 Å². The summed E-state index contributed by atoms with van der Waals surface area (Å²) >= 11 is 5.11. The number of para-hydroxylation sites is 1. The zero-order chi connectivity index (χ0) is 22.1. The smallest absolute Gasteiger partial charge is 0.273 e. The van der Waals surface area contributed by atoms with Gasteiger partial charge < -0.3 is 4.74 Å². The van der Waals surface area contributed by atoms with Crippen LogP contribution in [0.2, 0.25) is 0 Å². The molecule has 0 unspecified atom stereocenters. The third-order valence-electron chi connectivity index (χ3n) is 4.36. The summed E-state index contributed by atoms with van der Waals surface area (Å²) in [6, 6.07) is 24.0. The van der Waals surface area contributed by atoms with E-state index in [1.165, 1.54) is 0 Å². The number of hydrogen-bond acceptors (Lipinski definition) is 4. The Hall–Kier alpha value is -3.71. The van der Waals surface area contributed by atoms with Crippen LogP contribution in [0.4, 0.5) is 0 Å². The molecule has 0 heterocycles. The molecule has 3 N–H and O–H groups in total. The zero-order valence-corrected chi connectivity index (χ0v) is 17.9. The average Bonchev–Trinajstić information content (AvgIpc) is 2.82. The van der Waals surface area contributed by atoms with E-state index in [2.05, 4.69) is 16.2 Å². The molecule has 0 spiro atoms. The number of carbonyl (C=O) groups is 2. The second-order valence-corrected chi connectivity index (χ2v) is 7.06. The SMILES string of the molecule is CCCOc1ccccc1C(=O)NNC(=S)NC(=O)c1ccc(-c2ccccc2)cc1. The minimum atomic E-state index is -0.421. The maximum atomic E-state index is 12.4. The van der Waals surface area contributed by atoms with Gasteiger partial charge in [0, 0.05) is 5.56 Å². The van der Waals surface area contributed by atoms with E-state index in [-0.39, 0.29) is 11.0 Å². The van der Waals surface area contributed by atoms with E-state index in [0.717, 1.165) is 17.5 Å². The Morgan fingerprint density at radius 3 is 2.16 bits per heavy atom. The van der Waals surface area contributed by atoms with Gasteiger partial charge in [0.05, 0.1) is 12.2 Å². The molecule has 0 atom stereocenters. The van der Waals surface area contributed by atoms with E-state index in [1.54, 1.807) is 36.4 Å². The van der Waals surface area contributed by atoms with Crippen molar-refractivity contribution in [2.75, 3.05) is 6.61 Å². The van der Waals surface area contributed by atoms with Gasteiger partial charge in [0.25, 0.3) is 11.8 Å². The van der Waals surface area contributed by atoms with E-state index >= 15 is 0 Å². The van der Waals surface area contributed by atoms with Crippen molar-refractivity contribution >= 4 is 29.1 Å². The van der Waals surface area contributed by atoms with Crippen molar-refractivity contribution in [1.82, 2.24) is 16.2 Å². The molecule has 0 saturated carbocycles. The Kier molecular flexibility index (Phi) is 7.73. The van der Waals surface area contributed by atoms with Crippen LogP contribution in [-0.4, -0.2) is 23.5 Å². The van der Waals surface area contributed by atoms with Crippen molar-refractivity contribution in [3.8, 4) is 16.9 Å². The first kappa shape index (κ1) is 22.0. The van der Waals surface area contributed by atoms with Gasteiger partial charge in [-0.05, 0) is 54.0 Å². The number of hydrogen-bond donors (Lipinski definition) is 3. The van der Waals surface area contributed by atoms with Crippen molar-refractivity contribution in [2.45, 2.75) is 13.3 Å². The predicted octanol–water partition coefficient (Wildman–Crippen LogP) is 4.09. The quantitative estimate of drug-likeness (QED) is 0.403. The lowest BCUT2D eigenvalue weighted by atomic mass is 10.0. The summed E-state index contributed by atoms with van der Waals surface area (Å²) in [5.41, 5.74) is 7.92. The van der Waals surface area contributed by atoms with Crippen molar-refractivity contribution in [3.05, 3.63) is 90.0 Å². The molecule has 0 aliphatic rings. The van der Waals surface area contributed by atoms with E-state index in [9.17, 15) is 9.59 Å². The molecule has 0 bridgehead atoms. The summed E-state index contributed by atoms with van der Waals surface area (Å²) in [5.74, 6) is -0.314. The maximum Gasteiger partial charge on any atom is 0.273 e. The van der Waals surface area contributed by atoms with Crippen LogP contribution >= 0.6 is 12.2 Å². The monoisotopic (exact) mass is 433 g/mol. The molecular formula is C24H23N3O3S. The third kappa shape index (κ3) is 6.13. The highest BCUT2D eigenvalue weighted by Crippen LogP contribution is 2.19. The first-order valence-electron chi connectivity index (χ1n) is 9.87. The normalized spacial score (nSPS) is 10.1. The largest absolute Gasteiger partial charge is 0.493 e. The van der Waals surface area contributed by atoms with Crippen LogP contribution in [0.3, 0.4) is 0 Å². The van der Waals surface area contributed by atoms with Crippen LogP contribution < -0.4 is 20.9 Å². The highest BCUT2D eigenvalue weighted by molar-refractivity contribution is 7.80. The number of thiocarbonyl (C=S) groups is 1. The van der Waals surface area contributed by atoms with Gasteiger partial charge >= 0.3 is 0 Å². The van der Waals surface area contributed by atoms with Crippen molar-refractivity contribution in [2.24, 2.45) is 0 Å². The first-order chi connectivity index (χ1) is 15.1.